The molecule has 1 aromatic carbocycles. The van der Waals surface area contributed by atoms with Crippen molar-refractivity contribution in [1.82, 2.24) is 4.90 Å². The molecule has 0 spiro atoms. The van der Waals surface area contributed by atoms with E-state index in [-0.39, 0.29) is 30.6 Å². The number of benzene rings is 1. The van der Waals surface area contributed by atoms with Crippen LogP contribution in [-0.2, 0) is 16.0 Å². The van der Waals surface area contributed by atoms with E-state index in [1.807, 2.05) is 0 Å². The summed E-state index contributed by atoms with van der Waals surface area (Å²) in [5.41, 5.74) is 0.735. The van der Waals surface area contributed by atoms with Gasteiger partial charge in [-0.05, 0) is 43.0 Å². The fraction of sp³-hybridized carbons (Fsp3) is 0.579. The average Bonchev–Trinajstić information content (AvgIpc) is 2.99. The van der Waals surface area contributed by atoms with Crippen molar-refractivity contribution in [2.24, 2.45) is 0 Å². The molecule has 1 heterocycles. The number of rotatable bonds is 5. The fourth-order valence-corrected chi connectivity index (χ4v) is 3.89. The summed E-state index contributed by atoms with van der Waals surface area (Å²) in [7, 11) is 1.69. The smallest absolute Gasteiger partial charge is 0.227 e. The van der Waals surface area contributed by atoms with Gasteiger partial charge in [0.05, 0.1) is 5.60 Å². The van der Waals surface area contributed by atoms with Crippen LogP contribution in [-0.4, -0.2) is 47.6 Å². The van der Waals surface area contributed by atoms with E-state index in [1.165, 1.54) is 12.1 Å². The third-order valence-electron chi connectivity index (χ3n) is 5.28. The van der Waals surface area contributed by atoms with Gasteiger partial charge in [-0.2, -0.15) is 0 Å². The first-order valence-corrected chi connectivity index (χ1v) is 8.93. The van der Waals surface area contributed by atoms with Gasteiger partial charge in [0.25, 0.3) is 0 Å². The molecular weight excluding hydrogens is 323 g/mol. The molecule has 1 aromatic rings. The van der Waals surface area contributed by atoms with Gasteiger partial charge in [0, 0.05) is 38.7 Å². The molecule has 0 aromatic heterocycles. The highest BCUT2D eigenvalue weighted by Crippen LogP contribution is 2.31. The van der Waals surface area contributed by atoms with Crippen molar-refractivity contribution in [3.05, 3.63) is 29.6 Å². The Morgan fingerprint density at radius 3 is 2.76 bits per heavy atom. The van der Waals surface area contributed by atoms with Crippen LogP contribution in [0.5, 0.6) is 0 Å². The van der Waals surface area contributed by atoms with Crippen LogP contribution in [0.3, 0.4) is 0 Å². The predicted molar refractivity (Wildman–Crippen MR) is 92.7 cm³/mol. The Kier molecular flexibility index (Phi) is 5.08. The number of aryl methyl sites for hydroxylation is 1. The number of carbonyl (C=O) groups is 2. The summed E-state index contributed by atoms with van der Waals surface area (Å²) in [6.45, 7) is 0.612. The van der Waals surface area contributed by atoms with Crippen LogP contribution in [0.2, 0.25) is 0 Å². The van der Waals surface area contributed by atoms with E-state index in [1.54, 1.807) is 22.9 Å². The zero-order chi connectivity index (χ0) is 18.0. The normalized spacial score (nSPS) is 19.0. The van der Waals surface area contributed by atoms with Crippen LogP contribution in [0, 0.1) is 5.82 Å². The van der Waals surface area contributed by atoms with E-state index in [2.05, 4.69) is 0 Å². The van der Waals surface area contributed by atoms with Gasteiger partial charge in [0.15, 0.2) is 0 Å². The molecule has 0 radical (unpaired) electrons. The lowest BCUT2D eigenvalue weighted by Gasteiger charge is -2.31. The summed E-state index contributed by atoms with van der Waals surface area (Å²) < 4.78 is 13.4. The van der Waals surface area contributed by atoms with Gasteiger partial charge in [0.2, 0.25) is 11.8 Å². The highest BCUT2D eigenvalue weighted by atomic mass is 19.1. The first-order valence-electron chi connectivity index (χ1n) is 8.93. The maximum Gasteiger partial charge on any atom is 0.227 e. The van der Waals surface area contributed by atoms with Crippen molar-refractivity contribution in [3.8, 4) is 0 Å². The third-order valence-corrected chi connectivity index (χ3v) is 5.28. The summed E-state index contributed by atoms with van der Waals surface area (Å²) in [6.07, 6.45) is 4.50. The standard InChI is InChI=1S/C19H25FN2O3/c1-21(13-19(25)9-2-3-10-19)17(23)8-11-22-16-6-5-15(20)12-14(16)4-7-18(22)24/h5-6,12,25H,2-4,7-11,13H2,1H3. The number of nitrogens with zero attached hydrogens (tertiary/aromatic N) is 2. The molecule has 0 atom stereocenters. The molecule has 2 amide bonds. The highest BCUT2D eigenvalue weighted by Gasteiger charge is 2.33. The monoisotopic (exact) mass is 348 g/mol. The molecule has 1 saturated carbocycles. The Bertz CT molecular complexity index is 671. The van der Waals surface area contributed by atoms with Crippen molar-refractivity contribution < 1.29 is 19.1 Å². The van der Waals surface area contributed by atoms with Crippen molar-refractivity contribution in [2.75, 3.05) is 25.0 Å². The first-order chi connectivity index (χ1) is 11.9. The predicted octanol–water partition coefficient (Wildman–Crippen LogP) is 2.26. The highest BCUT2D eigenvalue weighted by molar-refractivity contribution is 5.97. The lowest BCUT2D eigenvalue weighted by Crippen LogP contribution is -2.43. The van der Waals surface area contributed by atoms with Gasteiger partial charge in [0.1, 0.15) is 5.82 Å². The molecule has 1 aliphatic carbocycles. The minimum Gasteiger partial charge on any atom is -0.388 e. The summed E-state index contributed by atoms with van der Waals surface area (Å²) in [5, 5.41) is 10.4. The van der Waals surface area contributed by atoms with Crippen LogP contribution in [0.15, 0.2) is 18.2 Å². The lowest BCUT2D eigenvalue weighted by atomic mass is 10.0. The minimum atomic E-state index is -0.768. The number of likely N-dealkylation sites (N-methyl/N-ethyl adjacent to an activating group) is 1. The largest absolute Gasteiger partial charge is 0.388 e. The summed E-state index contributed by atoms with van der Waals surface area (Å²) in [6, 6.07) is 4.41. The maximum atomic E-state index is 13.4. The number of hydrogen-bond donors (Lipinski definition) is 1. The number of carbonyl (C=O) groups excluding carboxylic acids is 2. The quantitative estimate of drug-likeness (QED) is 0.888. The van der Waals surface area contributed by atoms with E-state index >= 15 is 0 Å². The molecule has 0 saturated heterocycles. The Morgan fingerprint density at radius 1 is 1.32 bits per heavy atom. The number of halogens is 1. The van der Waals surface area contributed by atoms with E-state index in [4.69, 9.17) is 0 Å². The van der Waals surface area contributed by atoms with Crippen LogP contribution in [0.25, 0.3) is 0 Å². The topological polar surface area (TPSA) is 60.9 Å². The van der Waals surface area contributed by atoms with Crippen molar-refractivity contribution in [2.45, 2.75) is 50.5 Å². The Balaban J connectivity index is 1.61. The van der Waals surface area contributed by atoms with E-state index in [0.29, 0.717) is 25.1 Å². The fourth-order valence-electron chi connectivity index (χ4n) is 3.89. The van der Waals surface area contributed by atoms with Crippen LogP contribution in [0.1, 0.15) is 44.1 Å². The van der Waals surface area contributed by atoms with Crippen LogP contribution < -0.4 is 4.90 Å². The zero-order valence-electron chi connectivity index (χ0n) is 14.6. The molecule has 6 heteroatoms. The number of anilines is 1. The SMILES string of the molecule is CN(CC1(O)CCCC1)C(=O)CCN1C(=O)CCc2cc(F)ccc21. The van der Waals surface area contributed by atoms with E-state index < -0.39 is 5.60 Å². The summed E-state index contributed by atoms with van der Waals surface area (Å²) >= 11 is 0. The molecule has 0 bridgehead atoms. The molecular formula is C19H25FN2O3. The maximum absolute atomic E-state index is 13.4. The van der Waals surface area contributed by atoms with Gasteiger partial charge >= 0.3 is 0 Å². The van der Waals surface area contributed by atoms with Gasteiger partial charge in [-0.25, -0.2) is 4.39 Å². The first kappa shape index (κ1) is 17.9. The number of aliphatic hydroxyl groups is 1. The van der Waals surface area contributed by atoms with Gasteiger partial charge in [-0.15, -0.1) is 0 Å². The van der Waals surface area contributed by atoms with Crippen molar-refractivity contribution in [3.63, 3.8) is 0 Å². The number of fused-ring (bicyclic) bond motifs is 1. The van der Waals surface area contributed by atoms with E-state index in [0.717, 1.165) is 31.2 Å². The summed E-state index contributed by atoms with van der Waals surface area (Å²) in [5.74, 6) is -0.444. The van der Waals surface area contributed by atoms with E-state index in [9.17, 15) is 19.1 Å². The van der Waals surface area contributed by atoms with Gasteiger partial charge < -0.3 is 14.9 Å². The molecule has 2 aliphatic rings. The zero-order valence-corrected chi connectivity index (χ0v) is 14.6. The molecule has 1 fully saturated rings. The second-order valence-corrected chi connectivity index (χ2v) is 7.25. The average molecular weight is 348 g/mol. The molecule has 3 rings (SSSR count). The Hall–Kier alpha value is -1.95. The Labute approximate surface area is 147 Å². The van der Waals surface area contributed by atoms with Crippen molar-refractivity contribution >= 4 is 17.5 Å². The minimum absolute atomic E-state index is 0.0380. The van der Waals surface area contributed by atoms with Gasteiger partial charge in [-0.3, -0.25) is 9.59 Å². The molecule has 1 aliphatic heterocycles. The molecule has 5 nitrogen and oxygen atoms in total. The second-order valence-electron chi connectivity index (χ2n) is 7.25. The number of amides is 2. The Morgan fingerprint density at radius 2 is 2.04 bits per heavy atom. The third kappa shape index (κ3) is 4.00. The molecule has 0 unspecified atom stereocenters. The van der Waals surface area contributed by atoms with Gasteiger partial charge in [-0.1, -0.05) is 12.8 Å². The summed E-state index contributed by atoms with van der Waals surface area (Å²) in [4.78, 5) is 27.8. The number of hydrogen-bond acceptors (Lipinski definition) is 3. The lowest BCUT2D eigenvalue weighted by molar-refractivity contribution is -0.133. The molecule has 136 valence electrons. The molecule has 1 N–H and O–H groups in total. The van der Waals surface area contributed by atoms with Crippen molar-refractivity contribution in [1.29, 1.82) is 0 Å². The molecule has 25 heavy (non-hydrogen) atoms. The van der Waals surface area contributed by atoms with Crippen LogP contribution >= 0.6 is 0 Å². The van der Waals surface area contributed by atoms with Crippen LogP contribution in [0.4, 0.5) is 10.1 Å². The second kappa shape index (κ2) is 7.12.